The number of piperidine rings is 1. The third kappa shape index (κ3) is 4.69. The Hall–Kier alpha value is -2.21. The number of aromatic nitrogens is 3. The number of likely N-dealkylation sites (tertiary alicyclic amines) is 1. The van der Waals surface area contributed by atoms with Crippen molar-refractivity contribution in [2.24, 2.45) is 0 Å². The summed E-state index contributed by atoms with van der Waals surface area (Å²) < 4.78 is 0. The van der Waals surface area contributed by atoms with E-state index in [1.807, 2.05) is 6.92 Å². The minimum atomic E-state index is 0.193. The van der Waals surface area contributed by atoms with Gasteiger partial charge in [0.2, 0.25) is 5.91 Å². The third-order valence-electron chi connectivity index (χ3n) is 4.89. The van der Waals surface area contributed by atoms with Gasteiger partial charge in [0.25, 0.3) is 0 Å². The van der Waals surface area contributed by atoms with E-state index in [1.165, 1.54) is 17.5 Å². The second kappa shape index (κ2) is 8.45. The molecule has 26 heavy (non-hydrogen) atoms. The van der Waals surface area contributed by atoms with Crippen LogP contribution in [0.5, 0.6) is 0 Å². The summed E-state index contributed by atoms with van der Waals surface area (Å²) in [5.41, 5.74) is 2.54. The molecule has 3 rings (SSSR count). The van der Waals surface area contributed by atoms with Crippen LogP contribution in [0.2, 0.25) is 0 Å². The van der Waals surface area contributed by atoms with Crippen LogP contribution >= 0.6 is 0 Å². The highest BCUT2D eigenvalue weighted by Crippen LogP contribution is 2.31. The molecule has 1 fully saturated rings. The molecule has 0 spiro atoms. The number of rotatable bonds is 6. The normalized spacial score (nSPS) is 17.7. The molecule has 2 heterocycles. The minimum absolute atomic E-state index is 0.193. The molecule has 0 saturated carbocycles. The van der Waals surface area contributed by atoms with E-state index in [-0.39, 0.29) is 11.9 Å². The number of nitrogens with zero attached hydrogens (tertiary/aromatic N) is 4. The van der Waals surface area contributed by atoms with Crippen molar-refractivity contribution < 1.29 is 4.79 Å². The maximum atomic E-state index is 12.8. The molecule has 140 valence electrons. The van der Waals surface area contributed by atoms with Gasteiger partial charge in [-0.05, 0) is 51.4 Å². The van der Waals surface area contributed by atoms with Crippen LogP contribution in [-0.4, -0.2) is 51.5 Å². The van der Waals surface area contributed by atoms with Gasteiger partial charge in [-0.15, -0.1) is 0 Å². The largest absolute Gasteiger partial charge is 0.336 e. The van der Waals surface area contributed by atoms with E-state index in [0.717, 1.165) is 37.6 Å². The number of hydrogen-bond donors (Lipinski definition) is 1. The molecular formula is C20H29N5O. The number of carbonyl (C=O) groups excluding carboxylic acids is 1. The van der Waals surface area contributed by atoms with Gasteiger partial charge < -0.3 is 9.80 Å². The lowest BCUT2D eigenvalue weighted by Crippen LogP contribution is -2.38. The van der Waals surface area contributed by atoms with E-state index in [9.17, 15) is 4.79 Å². The molecule has 1 amide bonds. The first kappa shape index (κ1) is 18.6. The van der Waals surface area contributed by atoms with E-state index < -0.39 is 0 Å². The van der Waals surface area contributed by atoms with E-state index in [2.05, 4.69) is 63.3 Å². The van der Waals surface area contributed by atoms with Gasteiger partial charge in [-0.3, -0.25) is 9.89 Å². The van der Waals surface area contributed by atoms with Crippen LogP contribution < -0.4 is 0 Å². The zero-order valence-electron chi connectivity index (χ0n) is 16.0. The first-order valence-corrected chi connectivity index (χ1v) is 9.44. The fraction of sp³-hybridized carbons (Fsp3) is 0.550. The summed E-state index contributed by atoms with van der Waals surface area (Å²) in [5.74, 6) is 1.72. The summed E-state index contributed by atoms with van der Waals surface area (Å²) in [7, 11) is 4.15. The lowest BCUT2D eigenvalue weighted by molar-refractivity contribution is -0.135. The van der Waals surface area contributed by atoms with Gasteiger partial charge in [0.05, 0.1) is 6.04 Å². The Balaban J connectivity index is 1.65. The molecule has 2 aromatic rings. The van der Waals surface area contributed by atoms with Crippen LogP contribution in [0.4, 0.5) is 0 Å². The van der Waals surface area contributed by atoms with Crippen LogP contribution in [0.3, 0.4) is 0 Å². The van der Waals surface area contributed by atoms with Gasteiger partial charge in [0, 0.05) is 25.9 Å². The molecular weight excluding hydrogens is 326 g/mol. The van der Waals surface area contributed by atoms with Gasteiger partial charge in [-0.1, -0.05) is 24.3 Å². The average molecular weight is 355 g/mol. The molecule has 0 bridgehead atoms. The van der Waals surface area contributed by atoms with Gasteiger partial charge >= 0.3 is 0 Å². The van der Waals surface area contributed by atoms with Crippen molar-refractivity contribution in [2.45, 2.75) is 51.6 Å². The average Bonchev–Trinajstić information content (AvgIpc) is 3.05. The predicted molar refractivity (Wildman–Crippen MR) is 102 cm³/mol. The highest BCUT2D eigenvalue weighted by molar-refractivity contribution is 5.77. The van der Waals surface area contributed by atoms with Crippen molar-refractivity contribution in [1.82, 2.24) is 25.0 Å². The Kier molecular flexibility index (Phi) is 6.04. The number of hydrogen-bond acceptors (Lipinski definition) is 4. The fourth-order valence-electron chi connectivity index (χ4n) is 3.65. The minimum Gasteiger partial charge on any atom is -0.336 e. The predicted octanol–water partition coefficient (Wildman–Crippen LogP) is 2.86. The Morgan fingerprint density at radius 1 is 1.27 bits per heavy atom. The topological polar surface area (TPSA) is 65.1 Å². The van der Waals surface area contributed by atoms with Crippen molar-refractivity contribution in [2.75, 3.05) is 20.6 Å². The molecule has 1 N–H and O–H groups in total. The van der Waals surface area contributed by atoms with Crippen molar-refractivity contribution in [3.05, 3.63) is 47.0 Å². The Labute approximate surface area is 155 Å². The highest BCUT2D eigenvalue weighted by Gasteiger charge is 2.27. The second-order valence-corrected chi connectivity index (χ2v) is 7.42. The number of nitrogens with one attached hydrogen (secondary N) is 1. The van der Waals surface area contributed by atoms with Crippen LogP contribution in [-0.2, 0) is 17.8 Å². The standard InChI is InChI=1S/C20H29N5O/c1-15-21-19(23-22-15)11-12-20(26)25-13-5-4-6-18(25)17-9-7-16(8-10-17)14-24(2)3/h7-10,18H,4-6,11-14H2,1-3H3,(H,21,22,23)/t18-/m0/s1. The summed E-state index contributed by atoms with van der Waals surface area (Å²) >= 11 is 0. The Bertz CT molecular complexity index is 722. The Morgan fingerprint density at radius 2 is 2.04 bits per heavy atom. The van der Waals surface area contributed by atoms with Gasteiger partial charge in [-0.25, -0.2) is 4.98 Å². The number of amides is 1. The summed E-state index contributed by atoms with van der Waals surface area (Å²) in [5, 5.41) is 6.97. The maximum absolute atomic E-state index is 12.8. The molecule has 6 heteroatoms. The van der Waals surface area contributed by atoms with Crippen LogP contribution in [0.25, 0.3) is 0 Å². The third-order valence-corrected chi connectivity index (χ3v) is 4.89. The van der Waals surface area contributed by atoms with Crippen LogP contribution in [0.1, 0.15) is 54.5 Å². The Morgan fingerprint density at radius 3 is 2.69 bits per heavy atom. The fourth-order valence-corrected chi connectivity index (χ4v) is 3.65. The molecule has 1 aromatic heterocycles. The lowest BCUT2D eigenvalue weighted by atomic mass is 9.94. The zero-order chi connectivity index (χ0) is 18.5. The van der Waals surface area contributed by atoms with Gasteiger partial charge in [0.1, 0.15) is 5.82 Å². The summed E-state index contributed by atoms with van der Waals surface area (Å²) in [6.07, 6.45) is 4.36. The molecule has 0 unspecified atom stereocenters. The van der Waals surface area contributed by atoms with Gasteiger partial charge in [0.15, 0.2) is 5.82 Å². The van der Waals surface area contributed by atoms with E-state index in [0.29, 0.717) is 12.8 Å². The molecule has 1 saturated heterocycles. The second-order valence-electron chi connectivity index (χ2n) is 7.42. The molecule has 0 radical (unpaired) electrons. The molecule has 1 aromatic carbocycles. The number of benzene rings is 1. The first-order valence-electron chi connectivity index (χ1n) is 9.44. The molecule has 1 aliphatic heterocycles. The van der Waals surface area contributed by atoms with Crippen LogP contribution in [0.15, 0.2) is 24.3 Å². The number of carbonyl (C=O) groups is 1. The number of aryl methyl sites for hydroxylation is 2. The van der Waals surface area contributed by atoms with Crippen LogP contribution in [0, 0.1) is 6.92 Å². The number of H-pyrrole nitrogens is 1. The van der Waals surface area contributed by atoms with Crippen molar-refractivity contribution in [3.8, 4) is 0 Å². The zero-order valence-corrected chi connectivity index (χ0v) is 16.0. The first-order chi connectivity index (χ1) is 12.5. The quantitative estimate of drug-likeness (QED) is 0.865. The number of aromatic amines is 1. The smallest absolute Gasteiger partial charge is 0.223 e. The maximum Gasteiger partial charge on any atom is 0.223 e. The summed E-state index contributed by atoms with van der Waals surface area (Å²) in [6, 6.07) is 8.94. The van der Waals surface area contributed by atoms with Crippen molar-refractivity contribution >= 4 is 5.91 Å². The lowest BCUT2D eigenvalue weighted by Gasteiger charge is -2.36. The summed E-state index contributed by atoms with van der Waals surface area (Å²) in [6.45, 7) is 3.65. The van der Waals surface area contributed by atoms with Gasteiger partial charge in [-0.2, -0.15) is 5.10 Å². The summed E-state index contributed by atoms with van der Waals surface area (Å²) in [4.78, 5) is 21.3. The molecule has 6 nitrogen and oxygen atoms in total. The SMILES string of the molecule is Cc1nc(CCC(=O)N2CCCC[C@H]2c2ccc(CN(C)C)cc2)n[nH]1. The molecule has 0 aliphatic carbocycles. The van der Waals surface area contributed by atoms with E-state index in [4.69, 9.17) is 0 Å². The van der Waals surface area contributed by atoms with Crippen molar-refractivity contribution in [1.29, 1.82) is 0 Å². The van der Waals surface area contributed by atoms with E-state index in [1.54, 1.807) is 0 Å². The molecule has 1 aliphatic rings. The van der Waals surface area contributed by atoms with E-state index >= 15 is 0 Å². The van der Waals surface area contributed by atoms with Crippen molar-refractivity contribution in [3.63, 3.8) is 0 Å². The monoisotopic (exact) mass is 355 g/mol. The highest BCUT2D eigenvalue weighted by atomic mass is 16.2. The molecule has 1 atom stereocenters.